The Balaban J connectivity index is 1.68. The van der Waals surface area contributed by atoms with Crippen LogP contribution >= 0.6 is 0 Å². The molecule has 3 rings (SSSR count). The summed E-state index contributed by atoms with van der Waals surface area (Å²) >= 11 is 0. The Morgan fingerprint density at radius 1 is 1.17 bits per heavy atom. The van der Waals surface area contributed by atoms with E-state index < -0.39 is 10.0 Å². The van der Waals surface area contributed by atoms with Crippen LogP contribution < -0.4 is 5.14 Å². The molecule has 2 fully saturated rings. The maximum Gasteiger partial charge on any atom is 0.238 e. The molecule has 1 atom stereocenters. The number of rotatable bonds is 6. The lowest BCUT2D eigenvalue weighted by Crippen LogP contribution is -2.37. The Morgan fingerprint density at radius 2 is 1.83 bits per heavy atom. The quantitative estimate of drug-likeness (QED) is 0.852. The summed E-state index contributed by atoms with van der Waals surface area (Å²) in [6, 6.07) is 7.74. The van der Waals surface area contributed by atoms with Gasteiger partial charge in [0.25, 0.3) is 0 Å². The van der Waals surface area contributed by atoms with Crippen LogP contribution in [0.4, 0.5) is 0 Å². The number of hydrogen-bond acceptors (Lipinski definition) is 4. The molecule has 0 bridgehead atoms. The van der Waals surface area contributed by atoms with Gasteiger partial charge in [0.15, 0.2) is 0 Å². The second-order valence-corrected chi connectivity index (χ2v) is 9.04. The minimum atomic E-state index is -3.61. The summed E-state index contributed by atoms with van der Waals surface area (Å²) in [7, 11) is -1.41. The lowest BCUT2D eigenvalue weighted by Gasteiger charge is -2.31. The van der Waals surface area contributed by atoms with Crippen molar-refractivity contribution in [1.82, 2.24) is 9.80 Å². The van der Waals surface area contributed by atoms with Gasteiger partial charge in [-0.2, -0.15) is 0 Å². The molecule has 0 aromatic heterocycles. The van der Waals surface area contributed by atoms with Crippen molar-refractivity contribution in [3.8, 4) is 0 Å². The first-order chi connectivity index (χ1) is 11.4. The van der Waals surface area contributed by atoms with E-state index in [9.17, 15) is 8.42 Å². The van der Waals surface area contributed by atoms with E-state index in [1.165, 1.54) is 50.8 Å². The number of primary sulfonamides is 1. The molecule has 5 nitrogen and oxygen atoms in total. The average molecular weight is 352 g/mol. The molecule has 134 valence electrons. The summed E-state index contributed by atoms with van der Waals surface area (Å²) in [5, 5.41) is 5.19. The fraction of sp³-hybridized carbons (Fsp3) is 0.667. The van der Waals surface area contributed by atoms with Gasteiger partial charge in [-0.25, -0.2) is 13.6 Å². The lowest BCUT2D eigenvalue weighted by atomic mass is 10.1. The zero-order valence-corrected chi connectivity index (χ0v) is 15.3. The Labute approximate surface area is 145 Å². The average Bonchev–Trinajstić information content (AvgIpc) is 3.18. The Kier molecular flexibility index (Phi) is 5.59. The van der Waals surface area contributed by atoms with Crippen molar-refractivity contribution < 1.29 is 8.42 Å². The van der Waals surface area contributed by atoms with Crippen molar-refractivity contribution in [2.75, 3.05) is 26.7 Å². The molecule has 1 saturated carbocycles. The van der Waals surface area contributed by atoms with Crippen molar-refractivity contribution in [2.45, 2.75) is 49.6 Å². The second kappa shape index (κ2) is 7.52. The highest BCUT2D eigenvalue weighted by Gasteiger charge is 2.28. The standard InChI is InChI=1S/C18H29N3O2S/c1-20-11-10-16(12-20)14-21(17-4-2-3-5-17)13-15-6-8-18(9-7-15)24(19,22)23/h6-9,16-17H,2-5,10-14H2,1H3,(H2,19,22,23). The van der Waals surface area contributed by atoms with Crippen LogP contribution in [0, 0.1) is 5.92 Å². The summed E-state index contributed by atoms with van der Waals surface area (Å²) in [6.45, 7) is 4.43. The molecule has 1 heterocycles. The van der Waals surface area contributed by atoms with E-state index in [2.05, 4.69) is 16.8 Å². The molecule has 1 unspecified atom stereocenters. The van der Waals surface area contributed by atoms with Crippen LogP contribution in [0.3, 0.4) is 0 Å². The maximum absolute atomic E-state index is 11.4. The van der Waals surface area contributed by atoms with Crippen molar-refractivity contribution in [3.63, 3.8) is 0 Å². The minimum Gasteiger partial charge on any atom is -0.306 e. The van der Waals surface area contributed by atoms with Crippen molar-refractivity contribution >= 4 is 10.0 Å². The molecule has 1 aliphatic heterocycles. The Bertz CT molecular complexity index is 639. The molecule has 1 aromatic carbocycles. The van der Waals surface area contributed by atoms with Gasteiger partial charge in [0.05, 0.1) is 4.90 Å². The smallest absolute Gasteiger partial charge is 0.238 e. The largest absolute Gasteiger partial charge is 0.306 e. The third kappa shape index (κ3) is 4.57. The fourth-order valence-corrected chi connectivity index (χ4v) is 4.65. The zero-order chi connectivity index (χ0) is 17.2. The topological polar surface area (TPSA) is 66.6 Å². The number of hydrogen-bond donors (Lipinski definition) is 1. The van der Waals surface area contributed by atoms with Gasteiger partial charge in [-0.3, -0.25) is 4.90 Å². The molecule has 6 heteroatoms. The molecule has 2 aliphatic rings. The van der Waals surface area contributed by atoms with Crippen LogP contribution in [-0.4, -0.2) is 50.9 Å². The number of likely N-dealkylation sites (tertiary alicyclic amines) is 1. The van der Waals surface area contributed by atoms with Gasteiger partial charge in [-0.05, 0) is 56.5 Å². The second-order valence-electron chi connectivity index (χ2n) is 7.47. The van der Waals surface area contributed by atoms with E-state index in [-0.39, 0.29) is 4.90 Å². The summed E-state index contributed by atoms with van der Waals surface area (Å²) in [5.41, 5.74) is 1.17. The molecule has 0 spiro atoms. The predicted molar refractivity (Wildman–Crippen MR) is 96.1 cm³/mol. The number of benzene rings is 1. The van der Waals surface area contributed by atoms with Crippen LogP contribution in [0.5, 0.6) is 0 Å². The SMILES string of the molecule is CN1CCC(CN(Cc2ccc(S(N)(=O)=O)cc2)C2CCCC2)C1. The highest BCUT2D eigenvalue weighted by molar-refractivity contribution is 7.89. The van der Waals surface area contributed by atoms with Gasteiger partial charge < -0.3 is 4.90 Å². The van der Waals surface area contributed by atoms with Gasteiger partial charge in [-0.15, -0.1) is 0 Å². The summed E-state index contributed by atoms with van der Waals surface area (Å²) in [4.78, 5) is 5.23. The monoisotopic (exact) mass is 351 g/mol. The lowest BCUT2D eigenvalue weighted by molar-refractivity contribution is 0.160. The van der Waals surface area contributed by atoms with Gasteiger partial charge in [0.2, 0.25) is 10.0 Å². The third-order valence-corrected chi connectivity index (χ3v) is 6.39. The Morgan fingerprint density at radius 3 is 2.38 bits per heavy atom. The van der Waals surface area contributed by atoms with Gasteiger partial charge in [-0.1, -0.05) is 25.0 Å². The van der Waals surface area contributed by atoms with Crippen LogP contribution in [0.2, 0.25) is 0 Å². The molecule has 24 heavy (non-hydrogen) atoms. The van der Waals surface area contributed by atoms with Gasteiger partial charge >= 0.3 is 0 Å². The summed E-state index contributed by atoms with van der Waals surface area (Å²) in [6.07, 6.45) is 6.52. The van der Waals surface area contributed by atoms with E-state index in [1.807, 2.05) is 12.1 Å². The fourth-order valence-electron chi connectivity index (χ4n) is 4.14. The molecule has 2 N–H and O–H groups in total. The normalized spacial score (nSPS) is 23.4. The molecule has 1 saturated heterocycles. The van der Waals surface area contributed by atoms with Gasteiger partial charge in [0.1, 0.15) is 0 Å². The number of nitrogens with two attached hydrogens (primary N) is 1. The highest BCUT2D eigenvalue weighted by atomic mass is 32.2. The van der Waals surface area contributed by atoms with Crippen LogP contribution in [0.25, 0.3) is 0 Å². The molecular weight excluding hydrogens is 322 g/mol. The molecule has 0 amide bonds. The predicted octanol–water partition coefficient (Wildman–Crippen LogP) is 2.03. The first-order valence-electron chi connectivity index (χ1n) is 8.96. The molecule has 1 aromatic rings. The van der Waals surface area contributed by atoms with E-state index >= 15 is 0 Å². The van der Waals surface area contributed by atoms with Crippen molar-refractivity contribution in [2.24, 2.45) is 11.1 Å². The molecular formula is C18H29N3O2S. The maximum atomic E-state index is 11.4. The van der Waals surface area contributed by atoms with E-state index in [4.69, 9.17) is 5.14 Å². The first kappa shape index (κ1) is 17.9. The van der Waals surface area contributed by atoms with E-state index in [0.717, 1.165) is 19.0 Å². The third-order valence-electron chi connectivity index (χ3n) is 5.46. The zero-order valence-electron chi connectivity index (χ0n) is 14.5. The van der Waals surface area contributed by atoms with Gasteiger partial charge in [0, 0.05) is 25.7 Å². The van der Waals surface area contributed by atoms with Crippen molar-refractivity contribution in [1.29, 1.82) is 0 Å². The Hall–Kier alpha value is -0.950. The van der Waals surface area contributed by atoms with Crippen LogP contribution in [0.1, 0.15) is 37.7 Å². The van der Waals surface area contributed by atoms with E-state index in [0.29, 0.717) is 6.04 Å². The van der Waals surface area contributed by atoms with Crippen LogP contribution in [0.15, 0.2) is 29.2 Å². The van der Waals surface area contributed by atoms with Crippen LogP contribution in [-0.2, 0) is 16.6 Å². The minimum absolute atomic E-state index is 0.191. The summed E-state index contributed by atoms with van der Waals surface area (Å²) < 4.78 is 22.8. The van der Waals surface area contributed by atoms with Crippen molar-refractivity contribution in [3.05, 3.63) is 29.8 Å². The highest BCUT2D eigenvalue weighted by Crippen LogP contribution is 2.27. The number of sulfonamides is 1. The number of nitrogens with zero attached hydrogens (tertiary/aromatic N) is 2. The van der Waals surface area contributed by atoms with E-state index in [1.54, 1.807) is 12.1 Å². The molecule has 0 radical (unpaired) electrons. The first-order valence-corrected chi connectivity index (χ1v) is 10.5. The molecule has 1 aliphatic carbocycles. The summed E-state index contributed by atoms with van der Waals surface area (Å²) in [5.74, 6) is 0.749.